The van der Waals surface area contributed by atoms with E-state index in [0.717, 1.165) is 18.4 Å². The zero-order valence-electron chi connectivity index (χ0n) is 12.2. The lowest BCUT2D eigenvalue weighted by molar-refractivity contribution is -0.156. The molecule has 0 N–H and O–H groups in total. The number of para-hydroxylation sites is 1. The standard InChI is InChI=1S/C17H20O4/c1-3-10-20-16-7-5-4-6-15(16)13(2)21-17(18)14-8-11-19-12-9-14/h1,4-7,13-14H,8-12H2,2H3/t13-/m1/s1. The summed E-state index contributed by atoms with van der Waals surface area (Å²) in [6.07, 6.45) is 6.29. The zero-order valence-corrected chi connectivity index (χ0v) is 12.2. The smallest absolute Gasteiger partial charge is 0.309 e. The van der Waals surface area contributed by atoms with Crippen molar-refractivity contribution < 1.29 is 19.0 Å². The fraction of sp³-hybridized carbons (Fsp3) is 0.471. The Morgan fingerprint density at radius 1 is 1.43 bits per heavy atom. The molecule has 0 aliphatic carbocycles. The molecule has 0 amide bonds. The summed E-state index contributed by atoms with van der Waals surface area (Å²) in [7, 11) is 0. The van der Waals surface area contributed by atoms with Crippen molar-refractivity contribution in [2.24, 2.45) is 5.92 Å². The van der Waals surface area contributed by atoms with E-state index in [1.165, 1.54) is 0 Å². The molecule has 1 heterocycles. The molecule has 0 aromatic heterocycles. The number of ether oxygens (including phenoxy) is 3. The molecule has 0 radical (unpaired) electrons. The van der Waals surface area contributed by atoms with Gasteiger partial charge in [0, 0.05) is 18.8 Å². The summed E-state index contributed by atoms with van der Waals surface area (Å²) < 4.78 is 16.3. The number of terminal acetylenes is 1. The van der Waals surface area contributed by atoms with Gasteiger partial charge in [-0.3, -0.25) is 4.79 Å². The molecule has 0 bridgehead atoms. The highest BCUT2D eigenvalue weighted by Crippen LogP contribution is 2.29. The predicted molar refractivity (Wildman–Crippen MR) is 78.8 cm³/mol. The van der Waals surface area contributed by atoms with Crippen LogP contribution in [0.15, 0.2) is 24.3 Å². The van der Waals surface area contributed by atoms with Crippen molar-refractivity contribution in [2.75, 3.05) is 19.8 Å². The predicted octanol–water partition coefficient (Wildman–Crippen LogP) is 2.73. The maximum absolute atomic E-state index is 12.2. The van der Waals surface area contributed by atoms with Crippen molar-refractivity contribution >= 4 is 5.97 Å². The highest BCUT2D eigenvalue weighted by Gasteiger charge is 2.25. The fourth-order valence-corrected chi connectivity index (χ4v) is 2.33. The minimum absolute atomic E-state index is 0.0695. The van der Waals surface area contributed by atoms with Crippen molar-refractivity contribution in [1.29, 1.82) is 0 Å². The van der Waals surface area contributed by atoms with Crippen molar-refractivity contribution in [3.05, 3.63) is 29.8 Å². The fourth-order valence-electron chi connectivity index (χ4n) is 2.33. The monoisotopic (exact) mass is 288 g/mol. The molecular weight excluding hydrogens is 268 g/mol. The second-order valence-electron chi connectivity index (χ2n) is 5.00. The van der Waals surface area contributed by atoms with Gasteiger partial charge in [0.1, 0.15) is 18.5 Å². The number of carbonyl (C=O) groups excluding carboxylic acids is 1. The van der Waals surface area contributed by atoms with E-state index in [0.29, 0.717) is 19.0 Å². The van der Waals surface area contributed by atoms with Gasteiger partial charge in [0.25, 0.3) is 0 Å². The van der Waals surface area contributed by atoms with E-state index in [4.69, 9.17) is 20.6 Å². The molecule has 1 aliphatic rings. The van der Waals surface area contributed by atoms with Crippen molar-refractivity contribution in [1.82, 2.24) is 0 Å². The van der Waals surface area contributed by atoms with Gasteiger partial charge >= 0.3 is 5.97 Å². The number of rotatable bonds is 5. The van der Waals surface area contributed by atoms with Crippen LogP contribution in [0.4, 0.5) is 0 Å². The summed E-state index contributed by atoms with van der Waals surface area (Å²) in [4.78, 5) is 12.2. The van der Waals surface area contributed by atoms with E-state index >= 15 is 0 Å². The first-order chi connectivity index (χ1) is 10.2. The van der Waals surface area contributed by atoms with Crippen LogP contribution in [0.2, 0.25) is 0 Å². The maximum Gasteiger partial charge on any atom is 0.309 e. The molecule has 21 heavy (non-hydrogen) atoms. The first kappa shape index (κ1) is 15.4. The summed E-state index contributed by atoms with van der Waals surface area (Å²) in [6, 6.07) is 7.46. The largest absolute Gasteiger partial charge is 0.481 e. The molecule has 0 saturated carbocycles. The number of carbonyl (C=O) groups is 1. The van der Waals surface area contributed by atoms with Gasteiger partial charge in [-0.05, 0) is 25.8 Å². The third kappa shape index (κ3) is 4.24. The molecule has 1 aromatic carbocycles. The normalized spacial score (nSPS) is 16.8. The molecule has 1 atom stereocenters. The Hall–Kier alpha value is -1.99. The Morgan fingerprint density at radius 3 is 2.86 bits per heavy atom. The van der Waals surface area contributed by atoms with Crippen molar-refractivity contribution in [3.8, 4) is 18.1 Å². The van der Waals surface area contributed by atoms with Gasteiger partial charge in [-0.2, -0.15) is 0 Å². The molecule has 1 saturated heterocycles. The van der Waals surface area contributed by atoms with Gasteiger partial charge in [0.2, 0.25) is 0 Å². The molecule has 1 aromatic rings. The molecule has 2 rings (SSSR count). The van der Waals surface area contributed by atoms with E-state index in [2.05, 4.69) is 5.92 Å². The number of benzene rings is 1. The SMILES string of the molecule is C#CCOc1ccccc1[C@@H](C)OC(=O)C1CCOCC1. The summed E-state index contributed by atoms with van der Waals surface area (Å²) >= 11 is 0. The summed E-state index contributed by atoms with van der Waals surface area (Å²) in [5.74, 6) is 2.85. The lowest BCUT2D eigenvalue weighted by Crippen LogP contribution is -2.26. The first-order valence-electron chi connectivity index (χ1n) is 7.15. The summed E-state index contributed by atoms with van der Waals surface area (Å²) in [6.45, 7) is 3.28. The van der Waals surface area contributed by atoms with Crippen LogP contribution in [0.25, 0.3) is 0 Å². The Kier molecular flexibility index (Phi) is 5.65. The Bertz CT molecular complexity index is 512. The Morgan fingerprint density at radius 2 is 2.14 bits per heavy atom. The molecule has 4 nitrogen and oxygen atoms in total. The van der Waals surface area contributed by atoms with E-state index in [9.17, 15) is 4.79 Å². The zero-order chi connectivity index (χ0) is 15.1. The Balaban J connectivity index is 2.00. The second-order valence-corrected chi connectivity index (χ2v) is 5.00. The van der Waals surface area contributed by atoms with Gasteiger partial charge in [-0.25, -0.2) is 0 Å². The quantitative estimate of drug-likeness (QED) is 0.617. The van der Waals surface area contributed by atoms with E-state index in [1.54, 1.807) is 0 Å². The minimum Gasteiger partial charge on any atom is -0.481 e. The molecule has 4 heteroatoms. The number of hydrogen-bond acceptors (Lipinski definition) is 4. The molecule has 112 valence electrons. The van der Waals surface area contributed by atoms with Crippen molar-refractivity contribution in [2.45, 2.75) is 25.9 Å². The number of esters is 1. The van der Waals surface area contributed by atoms with E-state index < -0.39 is 0 Å². The van der Waals surface area contributed by atoms with E-state index in [1.807, 2.05) is 31.2 Å². The highest BCUT2D eigenvalue weighted by atomic mass is 16.5. The third-order valence-electron chi connectivity index (χ3n) is 3.52. The molecular formula is C17H20O4. The average molecular weight is 288 g/mol. The van der Waals surface area contributed by atoms with Gasteiger partial charge in [-0.15, -0.1) is 6.42 Å². The molecule has 0 unspecified atom stereocenters. The van der Waals surface area contributed by atoms with Crippen molar-refractivity contribution in [3.63, 3.8) is 0 Å². The summed E-state index contributed by atoms with van der Waals surface area (Å²) in [5, 5.41) is 0. The minimum atomic E-state index is -0.366. The van der Waals surface area contributed by atoms with Crippen LogP contribution in [-0.4, -0.2) is 25.8 Å². The van der Waals surface area contributed by atoms with E-state index in [-0.39, 0.29) is 24.6 Å². The Labute approximate surface area is 125 Å². The lowest BCUT2D eigenvalue weighted by Gasteiger charge is -2.23. The van der Waals surface area contributed by atoms with Gasteiger partial charge in [0.15, 0.2) is 0 Å². The number of hydrogen-bond donors (Lipinski definition) is 0. The maximum atomic E-state index is 12.2. The van der Waals surface area contributed by atoms with Crippen LogP contribution in [0.5, 0.6) is 5.75 Å². The first-order valence-corrected chi connectivity index (χ1v) is 7.15. The van der Waals surface area contributed by atoms with Crippen LogP contribution in [0.3, 0.4) is 0 Å². The van der Waals surface area contributed by atoms with Gasteiger partial charge < -0.3 is 14.2 Å². The van der Waals surface area contributed by atoms with Crippen LogP contribution >= 0.6 is 0 Å². The van der Waals surface area contributed by atoms with Crippen LogP contribution in [0.1, 0.15) is 31.4 Å². The topological polar surface area (TPSA) is 44.8 Å². The lowest BCUT2D eigenvalue weighted by atomic mass is 10.0. The van der Waals surface area contributed by atoms with Gasteiger partial charge in [-0.1, -0.05) is 24.1 Å². The highest BCUT2D eigenvalue weighted by molar-refractivity contribution is 5.72. The molecule has 1 fully saturated rings. The van der Waals surface area contributed by atoms with Crippen LogP contribution < -0.4 is 4.74 Å². The summed E-state index contributed by atoms with van der Waals surface area (Å²) in [5.41, 5.74) is 0.827. The molecule has 0 spiro atoms. The average Bonchev–Trinajstić information content (AvgIpc) is 2.54. The second kappa shape index (κ2) is 7.70. The van der Waals surface area contributed by atoms with Crippen LogP contribution in [-0.2, 0) is 14.3 Å². The third-order valence-corrected chi connectivity index (χ3v) is 3.52. The molecule has 1 aliphatic heterocycles. The van der Waals surface area contributed by atoms with Gasteiger partial charge in [0.05, 0.1) is 5.92 Å². The van der Waals surface area contributed by atoms with Crippen LogP contribution in [0, 0.1) is 18.3 Å².